The first-order valence-corrected chi connectivity index (χ1v) is 10.7. The number of fused-ring (bicyclic) bond motifs is 1. The summed E-state index contributed by atoms with van der Waals surface area (Å²) in [5, 5.41) is 2.91. The third-order valence-electron chi connectivity index (χ3n) is 6.20. The van der Waals surface area contributed by atoms with Gasteiger partial charge < -0.3 is 24.1 Å². The molecule has 1 fully saturated rings. The highest BCUT2D eigenvalue weighted by Crippen LogP contribution is 2.34. The van der Waals surface area contributed by atoms with Crippen molar-refractivity contribution in [2.24, 2.45) is 0 Å². The first kappa shape index (κ1) is 21.3. The number of rotatable bonds is 7. The van der Waals surface area contributed by atoms with Crippen LogP contribution in [0.15, 0.2) is 17.3 Å². The molecule has 2 aliphatic rings. The topological polar surface area (TPSA) is 98.5 Å². The Labute approximate surface area is 181 Å². The fraction of sp³-hybridized carbons (Fsp3) is 0.545. The summed E-state index contributed by atoms with van der Waals surface area (Å²) in [6, 6.07) is 0.144. The Balaban J connectivity index is 1.56. The second-order valence-electron chi connectivity index (χ2n) is 8.31. The van der Waals surface area contributed by atoms with Gasteiger partial charge in [0.05, 0.1) is 12.0 Å². The minimum Gasteiger partial charge on any atom is -0.375 e. The Morgan fingerprint density at radius 3 is 2.71 bits per heavy atom. The van der Waals surface area contributed by atoms with Crippen LogP contribution in [0.5, 0.6) is 0 Å². The van der Waals surface area contributed by atoms with E-state index >= 15 is 0 Å². The molecule has 166 valence electrons. The second-order valence-corrected chi connectivity index (χ2v) is 8.31. The summed E-state index contributed by atoms with van der Waals surface area (Å²) in [4.78, 5) is 44.5. The normalized spacial score (nSPS) is 15.6. The summed E-state index contributed by atoms with van der Waals surface area (Å²) < 4.78 is 8.64. The lowest BCUT2D eigenvalue weighted by Gasteiger charge is -2.30. The van der Waals surface area contributed by atoms with Crippen molar-refractivity contribution in [3.8, 4) is 0 Å². The number of aromatic nitrogens is 3. The smallest absolute Gasteiger partial charge is 0.263 e. The zero-order valence-electron chi connectivity index (χ0n) is 18.3. The fourth-order valence-corrected chi connectivity index (χ4v) is 4.11. The molecule has 1 saturated carbocycles. The Hall–Kier alpha value is -2.94. The average Bonchev–Trinajstić information content (AvgIpc) is 3.55. The molecular weight excluding hydrogens is 398 g/mol. The summed E-state index contributed by atoms with van der Waals surface area (Å²) in [5.41, 5.74) is 3.64. The molecule has 2 aromatic heterocycles. The van der Waals surface area contributed by atoms with Crippen LogP contribution in [-0.4, -0.2) is 57.6 Å². The van der Waals surface area contributed by atoms with E-state index in [1.165, 1.54) is 7.11 Å². The van der Waals surface area contributed by atoms with E-state index in [2.05, 4.69) is 10.3 Å². The number of hydrogen-bond acceptors (Lipinski definition) is 5. The van der Waals surface area contributed by atoms with Gasteiger partial charge in [-0.2, -0.15) is 0 Å². The molecule has 0 aromatic carbocycles. The van der Waals surface area contributed by atoms with E-state index in [0.29, 0.717) is 32.6 Å². The zero-order chi connectivity index (χ0) is 22.1. The van der Waals surface area contributed by atoms with Gasteiger partial charge in [-0.1, -0.05) is 0 Å². The maximum Gasteiger partial charge on any atom is 0.263 e. The summed E-state index contributed by atoms with van der Waals surface area (Å²) in [5.74, 6) is -0.434. The molecule has 0 saturated heterocycles. The van der Waals surface area contributed by atoms with Crippen molar-refractivity contribution in [1.29, 1.82) is 0 Å². The lowest BCUT2D eigenvalue weighted by molar-refractivity contribution is -0.136. The van der Waals surface area contributed by atoms with Crippen molar-refractivity contribution in [3.05, 3.63) is 51.0 Å². The number of pyridine rings is 1. The maximum absolute atomic E-state index is 13.2. The number of nitrogens with one attached hydrogen (secondary N) is 1. The number of aryl methyl sites for hydroxylation is 1. The molecule has 1 aliphatic heterocycles. The number of imidazole rings is 1. The third-order valence-corrected chi connectivity index (χ3v) is 6.20. The molecule has 9 nitrogen and oxygen atoms in total. The Bertz CT molecular complexity index is 1070. The van der Waals surface area contributed by atoms with Crippen LogP contribution in [-0.2, 0) is 29.0 Å². The molecule has 0 bridgehead atoms. The lowest BCUT2D eigenvalue weighted by atomic mass is 9.96. The van der Waals surface area contributed by atoms with Crippen molar-refractivity contribution in [1.82, 2.24) is 24.3 Å². The Morgan fingerprint density at radius 2 is 2.06 bits per heavy atom. The van der Waals surface area contributed by atoms with Gasteiger partial charge in [-0.15, -0.1) is 0 Å². The first-order valence-electron chi connectivity index (χ1n) is 10.7. The molecule has 1 N–H and O–H groups in total. The summed E-state index contributed by atoms with van der Waals surface area (Å²) in [6.07, 6.45) is 5.95. The van der Waals surface area contributed by atoms with Gasteiger partial charge in [0.1, 0.15) is 12.2 Å². The Kier molecular flexibility index (Phi) is 5.95. The molecule has 9 heteroatoms. The molecule has 31 heavy (non-hydrogen) atoms. The zero-order valence-corrected chi connectivity index (χ0v) is 18.3. The number of amides is 2. The molecule has 0 atom stereocenters. The molecule has 0 spiro atoms. The van der Waals surface area contributed by atoms with Gasteiger partial charge in [0.2, 0.25) is 5.91 Å². The number of carbonyl (C=O) groups excluding carboxylic acids is 2. The minimum atomic E-state index is -0.345. The monoisotopic (exact) mass is 427 g/mol. The molecule has 4 rings (SSSR count). The molecule has 0 radical (unpaired) electrons. The van der Waals surface area contributed by atoms with Gasteiger partial charge >= 0.3 is 0 Å². The van der Waals surface area contributed by atoms with E-state index in [1.807, 2.05) is 24.6 Å². The SMILES string of the molecule is COCC(=O)N1CCc2c(cn(C3CC3)c(=O)c2C(=O)NCCn2cnc(C)c2C)C1. The van der Waals surface area contributed by atoms with E-state index in [9.17, 15) is 14.4 Å². The fourth-order valence-electron chi connectivity index (χ4n) is 4.11. The van der Waals surface area contributed by atoms with Crippen molar-refractivity contribution < 1.29 is 14.3 Å². The van der Waals surface area contributed by atoms with E-state index in [-0.39, 0.29) is 35.6 Å². The average molecular weight is 428 g/mol. The van der Waals surface area contributed by atoms with Crippen LogP contribution in [0.4, 0.5) is 0 Å². The molecule has 0 unspecified atom stereocenters. The van der Waals surface area contributed by atoms with Gasteiger partial charge in [0.15, 0.2) is 0 Å². The number of nitrogens with zero attached hydrogens (tertiary/aromatic N) is 4. The van der Waals surface area contributed by atoms with Crippen LogP contribution in [0.1, 0.15) is 51.8 Å². The second kappa shape index (κ2) is 8.66. The van der Waals surface area contributed by atoms with Gasteiger partial charge in [0.25, 0.3) is 11.5 Å². The minimum absolute atomic E-state index is 0.0259. The number of methoxy groups -OCH3 is 1. The highest BCUT2D eigenvalue weighted by Gasteiger charge is 2.32. The van der Waals surface area contributed by atoms with Crippen LogP contribution in [0.3, 0.4) is 0 Å². The van der Waals surface area contributed by atoms with E-state index < -0.39 is 0 Å². The number of carbonyl (C=O) groups is 2. The van der Waals surface area contributed by atoms with Crippen molar-refractivity contribution in [3.63, 3.8) is 0 Å². The van der Waals surface area contributed by atoms with Crippen LogP contribution in [0, 0.1) is 13.8 Å². The van der Waals surface area contributed by atoms with Crippen molar-refractivity contribution >= 4 is 11.8 Å². The maximum atomic E-state index is 13.2. The third kappa shape index (κ3) is 4.27. The lowest BCUT2D eigenvalue weighted by Crippen LogP contribution is -2.42. The molecule has 3 heterocycles. The number of ether oxygens (including phenoxy) is 1. The van der Waals surface area contributed by atoms with Crippen LogP contribution >= 0.6 is 0 Å². The van der Waals surface area contributed by atoms with E-state index in [1.54, 1.807) is 15.8 Å². The standard InChI is InChI=1S/C22H29N5O4/c1-14-15(2)26(13-24-14)9-7-23-21(29)20-18-6-8-25(19(28)12-31-3)10-16(18)11-27(22(20)30)17-4-5-17/h11,13,17H,4-10,12H2,1-3H3,(H,23,29). The molecule has 2 aromatic rings. The largest absolute Gasteiger partial charge is 0.375 e. The molecule has 1 aliphatic carbocycles. The quantitative estimate of drug-likeness (QED) is 0.710. The summed E-state index contributed by atoms with van der Waals surface area (Å²) in [6.45, 7) is 5.81. The Morgan fingerprint density at radius 1 is 1.29 bits per heavy atom. The predicted molar refractivity (Wildman–Crippen MR) is 114 cm³/mol. The first-order chi connectivity index (χ1) is 14.9. The van der Waals surface area contributed by atoms with E-state index in [0.717, 1.165) is 35.4 Å². The van der Waals surface area contributed by atoms with E-state index in [4.69, 9.17) is 4.74 Å². The van der Waals surface area contributed by atoms with Gasteiger partial charge in [0, 0.05) is 51.2 Å². The van der Waals surface area contributed by atoms with Crippen LogP contribution in [0.2, 0.25) is 0 Å². The summed E-state index contributed by atoms with van der Waals surface area (Å²) in [7, 11) is 1.50. The van der Waals surface area contributed by atoms with Crippen LogP contribution < -0.4 is 10.9 Å². The van der Waals surface area contributed by atoms with Crippen molar-refractivity contribution in [2.45, 2.75) is 52.2 Å². The van der Waals surface area contributed by atoms with Gasteiger partial charge in [-0.3, -0.25) is 14.4 Å². The highest BCUT2D eigenvalue weighted by atomic mass is 16.5. The van der Waals surface area contributed by atoms with Gasteiger partial charge in [-0.25, -0.2) is 4.98 Å². The van der Waals surface area contributed by atoms with Crippen LogP contribution in [0.25, 0.3) is 0 Å². The highest BCUT2D eigenvalue weighted by molar-refractivity contribution is 5.95. The predicted octanol–water partition coefficient (Wildman–Crippen LogP) is 0.958. The molecular formula is C22H29N5O4. The molecule has 2 amide bonds. The summed E-state index contributed by atoms with van der Waals surface area (Å²) >= 11 is 0. The van der Waals surface area contributed by atoms with Gasteiger partial charge in [-0.05, 0) is 44.2 Å². The van der Waals surface area contributed by atoms with Crippen molar-refractivity contribution in [2.75, 3.05) is 26.8 Å². The number of hydrogen-bond donors (Lipinski definition) is 1.